The van der Waals surface area contributed by atoms with Gasteiger partial charge in [0.05, 0.1) is 6.54 Å². The van der Waals surface area contributed by atoms with Crippen LogP contribution in [0.25, 0.3) is 11.6 Å². The average molecular weight is 404 g/mol. The van der Waals surface area contributed by atoms with Crippen molar-refractivity contribution in [2.24, 2.45) is 5.73 Å². The van der Waals surface area contributed by atoms with E-state index in [1.165, 1.54) is 12.3 Å². The van der Waals surface area contributed by atoms with Crippen molar-refractivity contribution in [3.63, 3.8) is 0 Å². The maximum absolute atomic E-state index is 12.3. The average Bonchev–Trinajstić information content (AvgIpc) is 2.75. The highest BCUT2D eigenvalue weighted by Gasteiger charge is 2.15. The molecule has 0 unspecified atom stereocenters. The molecule has 0 bridgehead atoms. The molecule has 8 heteroatoms. The molecule has 1 fully saturated rings. The zero-order valence-corrected chi connectivity index (χ0v) is 16.5. The summed E-state index contributed by atoms with van der Waals surface area (Å²) in [5.74, 6) is -0.234. The van der Waals surface area contributed by atoms with Gasteiger partial charge in [0.15, 0.2) is 0 Å². The number of rotatable bonds is 7. The fraction of sp³-hybridized carbons (Fsp3) is 0.182. The summed E-state index contributed by atoms with van der Waals surface area (Å²) in [6.07, 6.45) is 8.78. The minimum Gasteiger partial charge on any atom is -0.404 e. The number of pyridine rings is 1. The Balaban J connectivity index is 1.60. The quantitative estimate of drug-likeness (QED) is 0.412. The largest absolute Gasteiger partial charge is 0.404 e. The standard InChI is InChI=1S/C22H24N6O2/c23-11-18(12-24)20-7-8-25-13-17(20)3-6-21(29)27-19-4-1-16(2-5-19)14-28-10-9-26-22(30)15-28/h1-8,11-13,23H,9-10,14-15,24H2,(H,26,30)(H,27,29)/b6-3+,18-12?,23-11?. The van der Waals surface area contributed by atoms with Gasteiger partial charge in [0.25, 0.3) is 0 Å². The van der Waals surface area contributed by atoms with Gasteiger partial charge in [-0.25, -0.2) is 0 Å². The van der Waals surface area contributed by atoms with Crippen molar-refractivity contribution in [3.05, 3.63) is 71.7 Å². The molecule has 1 aromatic carbocycles. The molecule has 8 nitrogen and oxygen atoms in total. The molecule has 5 N–H and O–H groups in total. The van der Waals surface area contributed by atoms with Crippen molar-refractivity contribution >= 4 is 35.4 Å². The van der Waals surface area contributed by atoms with Crippen molar-refractivity contribution in [1.82, 2.24) is 15.2 Å². The molecule has 0 aliphatic carbocycles. The highest BCUT2D eigenvalue weighted by molar-refractivity contribution is 6.10. The smallest absolute Gasteiger partial charge is 0.248 e. The van der Waals surface area contributed by atoms with Crippen LogP contribution in [0.3, 0.4) is 0 Å². The SMILES string of the molecule is N=CC(=CN)c1ccncc1/C=C/C(=O)Nc1ccc(CN2CCNC(=O)C2)cc1. The summed E-state index contributed by atoms with van der Waals surface area (Å²) in [4.78, 5) is 29.9. The van der Waals surface area contributed by atoms with E-state index in [-0.39, 0.29) is 11.8 Å². The van der Waals surface area contributed by atoms with Crippen LogP contribution < -0.4 is 16.4 Å². The van der Waals surface area contributed by atoms with Crippen LogP contribution in [0.1, 0.15) is 16.7 Å². The Morgan fingerprint density at radius 3 is 2.80 bits per heavy atom. The maximum Gasteiger partial charge on any atom is 0.248 e. The van der Waals surface area contributed by atoms with Crippen molar-refractivity contribution in [1.29, 1.82) is 5.41 Å². The van der Waals surface area contributed by atoms with E-state index in [1.54, 1.807) is 24.5 Å². The van der Waals surface area contributed by atoms with Crippen LogP contribution in [-0.2, 0) is 16.1 Å². The summed E-state index contributed by atoms with van der Waals surface area (Å²) >= 11 is 0. The Hall–Kier alpha value is -3.78. The van der Waals surface area contributed by atoms with Crippen molar-refractivity contribution < 1.29 is 9.59 Å². The fourth-order valence-electron chi connectivity index (χ4n) is 3.15. The number of carbonyl (C=O) groups is 2. The summed E-state index contributed by atoms with van der Waals surface area (Å²) in [6.45, 7) is 2.58. The van der Waals surface area contributed by atoms with Gasteiger partial charge in [-0.3, -0.25) is 19.5 Å². The van der Waals surface area contributed by atoms with Gasteiger partial charge in [0.1, 0.15) is 0 Å². The second kappa shape index (κ2) is 10.1. The first-order valence-electron chi connectivity index (χ1n) is 9.53. The normalized spacial score (nSPS) is 15.1. The number of nitrogens with two attached hydrogens (primary N) is 1. The number of nitrogens with zero attached hydrogens (tertiary/aromatic N) is 2. The van der Waals surface area contributed by atoms with Crippen LogP contribution in [0.15, 0.2) is 55.0 Å². The minimum atomic E-state index is -0.279. The van der Waals surface area contributed by atoms with Gasteiger partial charge in [-0.05, 0) is 35.4 Å². The second-order valence-corrected chi connectivity index (χ2v) is 6.81. The minimum absolute atomic E-state index is 0.0448. The van der Waals surface area contributed by atoms with E-state index >= 15 is 0 Å². The van der Waals surface area contributed by atoms with Crippen molar-refractivity contribution in [2.75, 3.05) is 25.0 Å². The maximum atomic E-state index is 12.3. The van der Waals surface area contributed by atoms with E-state index < -0.39 is 0 Å². The molecule has 1 saturated heterocycles. The lowest BCUT2D eigenvalue weighted by Gasteiger charge is -2.26. The van der Waals surface area contributed by atoms with Gasteiger partial charge in [0.2, 0.25) is 11.8 Å². The number of anilines is 1. The molecule has 2 amide bonds. The summed E-state index contributed by atoms with van der Waals surface area (Å²) in [6, 6.07) is 9.29. The zero-order valence-electron chi connectivity index (χ0n) is 16.5. The molecular weight excluding hydrogens is 380 g/mol. The summed E-state index contributed by atoms with van der Waals surface area (Å²) in [7, 11) is 0. The number of benzene rings is 1. The van der Waals surface area contributed by atoms with Gasteiger partial charge in [-0.2, -0.15) is 0 Å². The van der Waals surface area contributed by atoms with E-state index in [0.29, 0.717) is 36.5 Å². The highest BCUT2D eigenvalue weighted by Crippen LogP contribution is 2.18. The highest BCUT2D eigenvalue weighted by atomic mass is 16.2. The monoisotopic (exact) mass is 404 g/mol. The molecule has 0 saturated carbocycles. The van der Waals surface area contributed by atoms with E-state index in [9.17, 15) is 9.59 Å². The van der Waals surface area contributed by atoms with E-state index in [4.69, 9.17) is 11.1 Å². The third-order valence-corrected chi connectivity index (χ3v) is 4.66. The van der Waals surface area contributed by atoms with Gasteiger partial charge < -0.3 is 21.8 Å². The number of nitrogens with one attached hydrogen (secondary N) is 3. The van der Waals surface area contributed by atoms with Crippen LogP contribution in [-0.4, -0.2) is 47.5 Å². The van der Waals surface area contributed by atoms with E-state index in [0.717, 1.165) is 23.9 Å². The van der Waals surface area contributed by atoms with Crippen LogP contribution in [0.2, 0.25) is 0 Å². The summed E-state index contributed by atoms with van der Waals surface area (Å²) in [5.41, 5.74) is 9.27. The Morgan fingerprint density at radius 1 is 1.30 bits per heavy atom. The topological polar surface area (TPSA) is 124 Å². The molecule has 0 atom stereocenters. The Kier molecular flexibility index (Phi) is 7.07. The number of allylic oxidation sites excluding steroid dienone is 1. The third-order valence-electron chi connectivity index (χ3n) is 4.66. The molecule has 2 aromatic rings. The number of hydrogen-bond acceptors (Lipinski definition) is 6. The molecule has 0 radical (unpaired) electrons. The van der Waals surface area contributed by atoms with Gasteiger partial charge in [0, 0.05) is 67.3 Å². The lowest BCUT2D eigenvalue weighted by Crippen LogP contribution is -2.47. The molecule has 154 valence electrons. The third kappa shape index (κ3) is 5.62. The number of piperazine rings is 1. The lowest BCUT2D eigenvalue weighted by atomic mass is 10.0. The first kappa shape index (κ1) is 20.9. The number of carbonyl (C=O) groups excluding carboxylic acids is 2. The van der Waals surface area contributed by atoms with Gasteiger partial charge in [-0.15, -0.1) is 0 Å². The van der Waals surface area contributed by atoms with Gasteiger partial charge >= 0.3 is 0 Å². The molecule has 1 aromatic heterocycles. The Morgan fingerprint density at radius 2 is 2.10 bits per heavy atom. The Bertz CT molecular complexity index is 981. The second-order valence-electron chi connectivity index (χ2n) is 6.81. The zero-order chi connectivity index (χ0) is 21.3. The summed E-state index contributed by atoms with van der Waals surface area (Å²) in [5, 5.41) is 13.1. The molecular formula is C22H24N6O2. The number of hydrogen-bond donors (Lipinski definition) is 4. The first-order chi connectivity index (χ1) is 14.6. The van der Waals surface area contributed by atoms with Crippen LogP contribution in [0, 0.1) is 5.41 Å². The molecule has 2 heterocycles. The predicted octanol–water partition coefficient (Wildman–Crippen LogP) is 1.61. The summed E-state index contributed by atoms with van der Waals surface area (Å²) < 4.78 is 0. The molecule has 30 heavy (non-hydrogen) atoms. The van der Waals surface area contributed by atoms with Crippen LogP contribution >= 0.6 is 0 Å². The fourth-order valence-corrected chi connectivity index (χ4v) is 3.15. The van der Waals surface area contributed by atoms with E-state index in [2.05, 4.69) is 20.5 Å². The molecule has 0 spiro atoms. The first-order valence-corrected chi connectivity index (χ1v) is 9.53. The van der Waals surface area contributed by atoms with E-state index in [1.807, 2.05) is 24.3 Å². The van der Waals surface area contributed by atoms with Crippen molar-refractivity contribution in [2.45, 2.75) is 6.54 Å². The molecule has 3 rings (SSSR count). The molecule has 1 aliphatic rings. The van der Waals surface area contributed by atoms with Crippen LogP contribution in [0.5, 0.6) is 0 Å². The number of amides is 2. The Labute approximate surface area is 175 Å². The van der Waals surface area contributed by atoms with Crippen molar-refractivity contribution in [3.8, 4) is 0 Å². The van der Waals surface area contributed by atoms with Gasteiger partial charge in [-0.1, -0.05) is 12.1 Å². The molecule has 1 aliphatic heterocycles. The predicted molar refractivity (Wildman–Crippen MR) is 118 cm³/mol. The number of aromatic nitrogens is 1. The van der Waals surface area contributed by atoms with Crippen LogP contribution in [0.4, 0.5) is 5.69 Å². The lowest BCUT2D eigenvalue weighted by molar-refractivity contribution is -0.124.